The number of rotatable bonds is 6. The Bertz CT molecular complexity index is 734. The first-order chi connectivity index (χ1) is 14.6. The predicted octanol–water partition coefficient (Wildman–Crippen LogP) is 1.51. The van der Waals surface area contributed by atoms with E-state index < -0.39 is 0 Å². The van der Waals surface area contributed by atoms with Gasteiger partial charge in [-0.2, -0.15) is 0 Å². The van der Waals surface area contributed by atoms with Crippen LogP contribution in [0.25, 0.3) is 0 Å². The molecule has 6 fully saturated rings. The average Bonchev–Trinajstić information content (AvgIpc) is 3.18. The molecular formula is C24H40N4O3. The standard InChI is InChI=1S/C24H40N4O3/c1-22(2,3)25-20(29)13-27-11-19-6-18(27)12-28(19)14-21(30)26-23-7-16-5-17(8-23)10-24(9-16,15-23)31-4/h16-19H,5-15H2,1-4H3,(H,25,29)(H,26,30)/t16?,17?,18-,19-,23?,24?/m0/s1. The highest BCUT2D eigenvalue weighted by molar-refractivity contribution is 5.79. The van der Waals surface area contributed by atoms with Gasteiger partial charge in [-0.1, -0.05) is 0 Å². The zero-order valence-corrected chi connectivity index (χ0v) is 19.7. The van der Waals surface area contributed by atoms with Crippen LogP contribution in [-0.2, 0) is 14.3 Å². The van der Waals surface area contributed by atoms with Crippen LogP contribution in [0.15, 0.2) is 0 Å². The van der Waals surface area contributed by atoms with E-state index in [0.717, 1.165) is 38.8 Å². The topological polar surface area (TPSA) is 73.9 Å². The Kier molecular flexibility index (Phi) is 5.18. The van der Waals surface area contributed by atoms with Crippen molar-refractivity contribution in [3.05, 3.63) is 0 Å². The van der Waals surface area contributed by atoms with Crippen molar-refractivity contribution in [1.29, 1.82) is 0 Å². The van der Waals surface area contributed by atoms with Crippen LogP contribution in [0.4, 0.5) is 0 Å². The summed E-state index contributed by atoms with van der Waals surface area (Å²) in [7, 11) is 1.86. The Hall–Kier alpha value is -1.18. The highest BCUT2D eigenvalue weighted by atomic mass is 16.5. The molecule has 0 aromatic heterocycles. The van der Waals surface area contributed by atoms with Crippen molar-refractivity contribution in [2.45, 2.75) is 94.5 Å². The van der Waals surface area contributed by atoms with E-state index in [9.17, 15) is 9.59 Å². The molecule has 6 aliphatic rings. The molecule has 0 aromatic carbocycles. The van der Waals surface area contributed by atoms with Gasteiger partial charge in [0.05, 0.1) is 18.7 Å². The van der Waals surface area contributed by atoms with Gasteiger partial charge in [0.15, 0.2) is 0 Å². The van der Waals surface area contributed by atoms with E-state index in [1.807, 2.05) is 27.9 Å². The molecule has 2 aliphatic heterocycles. The fourth-order valence-corrected chi connectivity index (χ4v) is 7.94. The van der Waals surface area contributed by atoms with Gasteiger partial charge in [-0.3, -0.25) is 19.4 Å². The molecular weight excluding hydrogens is 392 g/mol. The van der Waals surface area contributed by atoms with Gasteiger partial charge in [0.2, 0.25) is 11.8 Å². The summed E-state index contributed by atoms with van der Waals surface area (Å²) in [5.41, 5.74) is -0.246. The van der Waals surface area contributed by atoms with Crippen LogP contribution in [-0.4, -0.2) is 83.7 Å². The van der Waals surface area contributed by atoms with E-state index in [1.54, 1.807) is 0 Å². The lowest BCUT2D eigenvalue weighted by atomic mass is 9.51. The van der Waals surface area contributed by atoms with E-state index in [0.29, 0.717) is 37.0 Å². The average molecular weight is 433 g/mol. The van der Waals surface area contributed by atoms with Crippen LogP contribution in [0.2, 0.25) is 0 Å². The summed E-state index contributed by atoms with van der Waals surface area (Å²) >= 11 is 0. The summed E-state index contributed by atoms with van der Waals surface area (Å²) in [5, 5.41) is 6.56. The lowest BCUT2D eigenvalue weighted by Crippen LogP contribution is -2.66. The van der Waals surface area contributed by atoms with Crippen LogP contribution >= 0.6 is 0 Å². The molecule has 7 heteroatoms. The van der Waals surface area contributed by atoms with Crippen molar-refractivity contribution in [1.82, 2.24) is 20.4 Å². The Morgan fingerprint density at radius 1 is 0.935 bits per heavy atom. The normalized spacial score (nSPS) is 41.7. The maximum absolute atomic E-state index is 13.1. The molecule has 2 unspecified atom stereocenters. The van der Waals surface area contributed by atoms with Crippen molar-refractivity contribution in [2.75, 3.05) is 33.3 Å². The second-order valence-electron chi connectivity index (χ2n) is 12.4. The van der Waals surface area contributed by atoms with E-state index in [2.05, 4.69) is 20.4 Å². The molecule has 31 heavy (non-hydrogen) atoms. The number of amides is 2. The summed E-state index contributed by atoms with van der Waals surface area (Å²) in [6.07, 6.45) is 7.97. The maximum Gasteiger partial charge on any atom is 0.234 e. The van der Waals surface area contributed by atoms with E-state index in [1.165, 1.54) is 19.3 Å². The van der Waals surface area contributed by atoms with E-state index in [4.69, 9.17) is 4.74 Å². The van der Waals surface area contributed by atoms with Gasteiger partial charge in [-0.05, 0) is 77.6 Å². The first kappa shape index (κ1) is 21.7. The number of ether oxygens (including phenoxy) is 1. The largest absolute Gasteiger partial charge is 0.378 e. The Labute approximate surface area is 186 Å². The van der Waals surface area contributed by atoms with E-state index >= 15 is 0 Å². The number of carbonyl (C=O) groups excluding carboxylic acids is 2. The molecule has 4 atom stereocenters. The van der Waals surface area contributed by atoms with Crippen LogP contribution in [0.1, 0.15) is 65.7 Å². The number of piperazine rings is 1. The molecule has 2 heterocycles. The molecule has 0 spiro atoms. The van der Waals surface area contributed by atoms with Gasteiger partial charge in [0.25, 0.3) is 0 Å². The molecule has 6 rings (SSSR count). The van der Waals surface area contributed by atoms with Gasteiger partial charge >= 0.3 is 0 Å². The molecule has 2 saturated heterocycles. The van der Waals surface area contributed by atoms with Crippen LogP contribution in [0, 0.1) is 11.8 Å². The minimum absolute atomic E-state index is 0.00178. The van der Waals surface area contributed by atoms with Crippen molar-refractivity contribution in [2.24, 2.45) is 11.8 Å². The number of nitrogens with zero attached hydrogens (tertiary/aromatic N) is 2. The second-order valence-corrected chi connectivity index (χ2v) is 12.4. The first-order valence-corrected chi connectivity index (χ1v) is 12.2. The fourth-order valence-electron chi connectivity index (χ4n) is 7.94. The molecule has 0 aromatic rings. The minimum atomic E-state index is -0.196. The monoisotopic (exact) mass is 432 g/mol. The van der Waals surface area contributed by atoms with E-state index in [-0.39, 0.29) is 28.5 Å². The Morgan fingerprint density at radius 3 is 2.03 bits per heavy atom. The number of likely N-dealkylation sites (tertiary alicyclic amines) is 2. The highest BCUT2D eigenvalue weighted by Gasteiger charge is 2.58. The van der Waals surface area contributed by atoms with Gasteiger partial charge in [0.1, 0.15) is 0 Å². The number of carbonyl (C=O) groups is 2. The second kappa shape index (κ2) is 7.42. The first-order valence-electron chi connectivity index (χ1n) is 12.2. The van der Waals surface area contributed by atoms with Crippen molar-refractivity contribution in [3.8, 4) is 0 Å². The molecule has 7 nitrogen and oxygen atoms in total. The smallest absolute Gasteiger partial charge is 0.234 e. The lowest BCUT2D eigenvalue weighted by molar-refractivity contribution is -0.165. The van der Waals surface area contributed by atoms with Gasteiger partial charge < -0.3 is 15.4 Å². The molecule has 174 valence electrons. The molecule has 2 amide bonds. The molecule has 6 bridgehead atoms. The van der Waals surface area contributed by atoms with Crippen molar-refractivity contribution >= 4 is 11.8 Å². The van der Waals surface area contributed by atoms with Crippen LogP contribution in [0.5, 0.6) is 0 Å². The summed E-state index contributed by atoms with van der Waals surface area (Å²) in [5.74, 6) is 1.69. The number of nitrogens with one attached hydrogen (secondary N) is 2. The maximum atomic E-state index is 13.1. The van der Waals surface area contributed by atoms with Crippen LogP contribution < -0.4 is 10.6 Å². The summed E-state index contributed by atoms with van der Waals surface area (Å²) in [4.78, 5) is 30.0. The van der Waals surface area contributed by atoms with Gasteiger partial charge in [-0.25, -0.2) is 0 Å². The summed E-state index contributed by atoms with van der Waals surface area (Å²) < 4.78 is 6.00. The SMILES string of the molecule is COC12CC3CC(CC(NC(=O)CN4C[C@@H]5C[C@H]4CN5CC(=O)NC(C)(C)C)(C3)C1)C2. The van der Waals surface area contributed by atoms with Crippen LogP contribution in [0.3, 0.4) is 0 Å². The zero-order valence-electron chi connectivity index (χ0n) is 19.7. The number of fused-ring (bicyclic) bond motifs is 2. The molecule has 4 saturated carbocycles. The molecule has 4 aliphatic carbocycles. The third-order valence-electron chi connectivity index (χ3n) is 8.52. The summed E-state index contributed by atoms with van der Waals surface area (Å²) in [6, 6.07) is 0.777. The lowest BCUT2D eigenvalue weighted by Gasteiger charge is -2.61. The molecule has 2 N–H and O–H groups in total. The third kappa shape index (κ3) is 4.25. The summed E-state index contributed by atoms with van der Waals surface area (Å²) in [6.45, 7) is 8.77. The van der Waals surface area contributed by atoms with Crippen molar-refractivity contribution < 1.29 is 14.3 Å². The molecule has 0 radical (unpaired) electrons. The Balaban J connectivity index is 1.14. The van der Waals surface area contributed by atoms with Crippen molar-refractivity contribution in [3.63, 3.8) is 0 Å². The van der Waals surface area contributed by atoms with Gasteiger partial charge in [-0.15, -0.1) is 0 Å². The predicted molar refractivity (Wildman–Crippen MR) is 119 cm³/mol. The minimum Gasteiger partial charge on any atom is -0.378 e. The number of hydrogen-bond acceptors (Lipinski definition) is 5. The fraction of sp³-hybridized carbons (Fsp3) is 0.917. The third-order valence-corrected chi connectivity index (χ3v) is 8.52. The quantitative estimate of drug-likeness (QED) is 0.666. The number of methoxy groups -OCH3 is 1. The Morgan fingerprint density at radius 2 is 1.52 bits per heavy atom. The number of hydrogen-bond donors (Lipinski definition) is 2. The zero-order chi connectivity index (χ0) is 22.0. The highest BCUT2D eigenvalue weighted by Crippen LogP contribution is 2.58. The van der Waals surface area contributed by atoms with Gasteiger partial charge in [0, 0.05) is 43.4 Å².